The van der Waals surface area contributed by atoms with Crippen LogP contribution in [0.1, 0.15) is 16.2 Å². The average Bonchev–Trinajstić information content (AvgIpc) is 2.60. The number of aryl methyl sites for hydroxylation is 1. The Kier molecular flexibility index (Phi) is 5.30. The summed E-state index contributed by atoms with van der Waals surface area (Å²) in [5.41, 5.74) is 0. The highest BCUT2D eigenvalue weighted by Crippen LogP contribution is 2.29. The summed E-state index contributed by atoms with van der Waals surface area (Å²) in [5.74, 6) is 1.95. The minimum atomic E-state index is -3.31. The lowest BCUT2D eigenvalue weighted by Crippen LogP contribution is -2.33. The molecule has 0 radical (unpaired) electrons. The molecule has 2 heterocycles. The van der Waals surface area contributed by atoms with Crippen molar-refractivity contribution in [1.82, 2.24) is 9.62 Å². The zero-order chi connectivity index (χ0) is 13.9. The van der Waals surface area contributed by atoms with Gasteiger partial charge in [0, 0.05) is 35.1 Å². The van der Waals surface area contributed by atoms with E-state index in [0.717, 1.165) is 34.2 Å². The molecule has 1 aromatic heterocycles. The third-order valence-corrected chi connectivity index (χ3v) is 7.33. The number of nitrogens with one attached hydrogen (secondary N) is 1. The van der Waals surface area contributed by atoms with Crippen molar-refractivity contribution in [2.45, 2.75) is 24.8 Å². The summed E-state index contributed by atoms with van der Waals surface area (Å²) in [5, 5.41) is 3.06. The molecule has 1 fully saturated rings. The Labute approximate surface area is 123 Å². The largest absolute Gasteiger partial charge is 0.315 e. The maximum Gasteiger partial charge on any atom is 0.244 e. The first-order valence-electron chi connectivity index (χ1n) is 6.37. The first-order valence-corrected chi connectivity index (χ1v) is 9.78. The molecule has 0 amide bonds. The van der Waals surface area contributed by atoms with Crippen molar-refractivity contribution in [3.8, 4) is 0 Å². The third kappa shape index (κ3) is 3.52. The van der Waals surface area contributed by atoms with E-state index < -0.39 is 10.0 Å². The fraction of sp³-hybridized carbons (Fsp3) is 0.667. The van der Waals surface area contributed by atoms with Crippen LogP contribution in [0.3, 0.4) is 0 Å². The van der Waals surface area contributed by atoms with Gasteiger partial charge in [-0.05, 0) is 32.2 Å². The Morgan fingerprint density at radius 2 is 2.16 bits per heavy atom. The highest BCUT2D eigenvalue weighted by molar-refractivity contribution is 7.99. The van der Waals surface area contributed by atoms with Crippen LogP contribution in [-0.4, -0.2) is 44.4 Å². The Balaban J connectivity index is 2.27. The molecule has 4 nitrogen and oxygen atoms in total. The predicted molar refractivity (Wildman–Crippen MR) is 82.5 cm³/mol. The van der Waals surface area contributed by atoms with Gasteiger partial charge in [-0.2, -0.15) is 16.1 Å². The number of hydrogen-bond donors (Lipinski definition) is 1. The highest BCUT2D eigenvalue weighted by atomic mass is 32.2. The number of sulfonamides is 1. The molecule has 1 aliphatic heterocycles. The molecule has 1 aromatic rings. The summed E-state index contributed by atoms with van der Waals surface area (Å²) in [6.45, 7) is 3.88. The van der Waals surface area contributed by atoms with Gasteiger partial charge in [0.05, 0.1) is 4.90 Å². The first kappa shape index (κ1) is 15.3. The first-order chi connectivity index (χ1) is 9.05. The van der Waals surface area contributed by atoms with Gasteiger partial charge in [0.25, 0.3) is 0 Å². The normalized spacial score (nSPS) is 18.4. The molecule has 0 atom stereocenters. The Morgan fingerprint density at radius 1 is 1.37 bits per heavy atom. The number of thiophene rings is 1. The summed E-state index contributed by atoms with van der Waals surface area (Å²) in [6, 6.07) is 1.82. The lowest BCUT2D eigenvalue weighted by molar-refractivity contribution is 0.435. The lowest BCUT2D eigenvalue weighted by Gasteiger charge is -2.19. The van der Waals surface area contributed by atoms with E-state index in [9.17, 15) is 8.42 Å². The number of hydrogen-bond acceptors (Lipinski definition) is 5. The molecular weight excluding hydrogens is 300 g/mol. The molecule has 0 aromatic carbocycles. The molecule has 0 saturated carbocycles. The molecule has 1 aliphatic rings. The number of nitrogens with zero attached hydrogens (tertiary/aromatic N) is 1. The van der Waals surface area contributed by atoms with E-state index in [2.05, 4.69) is 5.32 Å². The van der Waals surface area contributed by atoms with Crippen molar-refractivity contribution in [3.63, 3.8) is 0 Å². The van der Waals surface area contributed by atoms with Crippen molar-refractivity contribution >= 4 is 33.1 Å². The zero-order valence-electron chi connectivity index (χ0n) is 11.3. The van der Waals surface area contributed by atoms with Gasteiger partial charge in [-0.1, -0.05) is 0 Å². The molecule has 0 aliphatic carbocycles. The monoisotopic (exact) mass is 320 g/mol. The van der Waals surface area contributed by atoms with Crippen LogP contribution in [0.5, 0.6) is 0 Å². The van der Waals surface area contributed by atoms with Crippen molar-refractivity contribution in [2.24, 2.45) is 0 Å². The van der Waals surface area contributed by atoms with Crippen LogP contribution in [0.4, 0.5) is 0 Å². The van der Waals surface area contributed by atoms with Crippen LogP contribution >= 0.6 is 23.1 Å². The SMILES string of the molecule is CNCc1cc(S(=O)(=O)N2CCCSCC2)c(C)s1. The summed E-state index contributed by atoms with van der Waals surface area (Å²) in [6.07, 6.45) is 0.941. The fourth-order valence-electron chi connectivity index (χ4n) is 2.14. The highest BCUT2D eigenvalue weighted by Gasteiger charge is 2.28. The maximum absolute atomic E-state index is 12.7. The third-order valence-electron chi connectivity index (χ3n) is 3.07. The molecule has 19 heavy (non-hydrogen) atoms. The van der Waals surface area contributed by atoms with E-state index in [0.29, 0.717) is 18.0 Å². The van der Waals surface area contributed by atoms with Crippen LogP contribution in [0, 0.1) is 6.92 Å². The molecule has 1 N–H and O–H groups in total. The number of thioether (sulfide) groups is 1. The van der Waals surface area contributed by atoms with Gasteiger partial charge in [-0.15, -0.1) is 11.3 Å². The standard InChI is InChI=1S/C12H20N2O2S3/c1-10-12(8-11(18-10)9-13-2)19(15,16)14-4-3-6-17-7-5-14/h8,13H,3-7,9H2,1-2H3. The van der Waals surface area contributed by atoms with Crippen LogP contribution in [0.15, 0.2) is 11.0 Å². The van der Waals surface area contributed by atoms with E-state index in [1.807, 2.05) is 31.8 Å². The molecule has 2 rings (SSSR count). The predicted octanol–water partition coefficient (Wildman–Crippen LogP) is 1.90. The van der Waals surface area contributed by atoms with Gasteiger partial charge in [0.1, 0.15) is 0 Å². The van der Waals surface area contributed by atoms with E-state index in [1.54, 1.807) is 15.6 Å². The average molecular weight is 321 g/mol. The van der Waals surface area contributed by atoms with Gasteiger partial charge in [0.2, 0.25) is 10.0 Å². The van der Waals surface area contributed by atoms with Gasteiger partial charge in [-0.25, -0.2) is 8.42 Å². The van der Waals surface area contributed by atoms with Gasteiger partial charge in [-0.3, -0.25) is 0 Å². The van der Waals surface area contributed by atoms with Gasteiger partial charge < -0.3 is 5.32 Å². The summed E-state index contributed by atoms with van der Waals surface area (Å²) >= 11 is 3.40. The second kappa shape index (κ2) is 6.58. The zero-order valence-corrected chi connectivity index (χ0v) is 13.8. The Bertz CT molecular complexity index is 517. The lowest BCUT2D eigenvalue weighted by atomic mass is 10.4. The van der Waals surface area contributed by atoms with E-state index >= 15 is 0 Å². The molecule has 0 bridgehead atoms. The molecule has 7 heteroatoms. The van der Waals surface area contributed by atoms with Crippen LogP contribution in [0.2, 0.25) is 0 Å². The Hall–Kier alpha value is -0.0800. The van der Waals surface area contributed by atoms with Gasteiger partial charge >= 0.3 is 0 Å². The van der Waals surface area contributed by atoms with Gasteiger partial charge in [0.15, 0.2) is 0 Å². The minimum Gasteiger partial charge on any atom is -0.315 e. The molecule has 1 saturated heterocycles. The summed E-state index contributed by atoms with van der Waals surface area (Å²) in [7, 11) is -1.44. The molecule has 0 unspecified atom stereocenters. The smallest absolute Gasteiger partial charge is 0.244 e. The topological polar surface area (TPSA) is 49.4 Å². The quantitative estimate of drug-likeness (QED) is 0.920. The van der Waals surface area contributed by atoms with Crippen LogP contribution < -0.4 is 5.32 Å². The van der Waals surface area contributed by atoms with Crippen molar-refractivity contribution in [1.29, 1.82) is 0 Å². The van der Waals surface area contributed by atoms with Crippen molar-refractivity contribution in [3.05, 3.63) is 15.8 Å². The fourth-order valence-corrected chi connectivity index (χ4v) is 6.24. The van der Waals surface area contributed by atoms with Crippen LogP contribution in [-0.2, 0) is 16.6 Å². The second-order valence-electron chi connectivity index (χ2n) is 4.53. The molecule has 108 valence electrons. The molecular formula is C12H20N2O2S3. The number of rotatable bonds is 4. The Morgan fingerprint density at radius 3 is 2.89 bits per heavy atom. The van der Waals surface area contributed by atoms with Crippen molar-refractivity contribution in [2.75, 3.05) is 31.6 Å². The molecule has 0 spiro atoms. The van der Waals surface area contributed by atoms with E-state index in [4.69, 9.17) is 0 Å². The maximum atomic E-state index is 12.7. The second-order valence-corrected chi connectivity index (χ2v) is 9.01. The minimum absolute atomic E-state index is 0.495. The summed E-state index contributed by atoms with van der Waals surface area (Å²) in [4.78, 5) is 2.46. The summed E-state index contributed by atoms with van der Waals surface area (Å²) < 4.78 is 27.0. The van der Waals surface area contributed by atoms with Crippen LogP contribution in [0.25, 0.3) is 0 Å². The van der Waals surface area contributed by atoms with Crippen molar-refractivity contribution < 1.29 is 8.42 Å². The van der Waals surface area contributed by atoms with E-state index in [1.165, 1.54) is 0 Å². The van der Waals surface area contributed by atoms with E-state index in [-0.39, 0.29) is 0 Å².